The third kappa shape index (κ3) is 4.60. The molecule has 0 aliphatic carbocycles. The maximum Gasteiger partial charge on any atom is 0.260 e. The molecule has 3 heterocycles. The minimum atomic E-state index is -3.96. The zero-order valence-corrected chi connectivity index (χ0v) is 15.5. The Morgan fingerprint density at radius 1 is 1.30 bits per heavy atom. The van der Waals surface area contributed by atoms with Crippen LogP contribution in [0.25, 0.3) is 0 Å². The van der Waals surface area contributed by atoms with E-state index >= 15 is 0 Å². The van der Waals surface area contributed by atoms with E-state index in [1.165, 1.54) is 19.4 Å². The predicted molar refractivity (Wildman–Crippen MR) is 94.8 cm³/mol. The number of hydrogen-bond donors (Lipinski definition) is 2. The molecule has 0 saturated carbocycles. The quantitative estimate of drug-likeness (QED) is 0.633. The molecule has 1 aliphatic heterocycles. The van der Waals surface area contributed by atoms with E-state index in [2.05, 4.69) is 30.1 Å². The van der Waals surface area contributed by atoms with Crippen LogP contribution in [0.5, 0.6) is 5.88 Å². The van der Waals surface area contributed by atoms with E-state index in [4.69, 9.17) is 14.3 Å². The number of sulfonamides is 1. The average molecular weight is 394 g/mol. The van der Waals surface area contributed by atoms with E-state index in [9.17, 15) is 8.42 Å². The Balaban J connectivity index is 1.74. The fraction of sp³-hybridized carbons (Fsp3) is 0.333. The monoisotopic (exact) mass is 394 g/mol. The van der Waals surface area contributed by atoms with E-state index < -0.39 is 10.0 Å². The summed E-state index contributed by atoms with van der Waals surface area (Å²) in [5, 5.41) is 6.30. The second-order valence-corrected chi connectivity index (χ2v) is 6.99. The minimum absolute atomic E-state index is 0.0643. The van der Waals surface area contributed by atoms with Crippen molar-refractivity contribution in [1.82, 2.24) is 19.7 Å². The fourth-order valence-electron chi connectivity index (χ4n) is 2.20. The standard InChI is InChI=1S/C15H18N6O5S/c1-10-8-12(24-2)20-15(19-10)17-9-18-27(22,23)14-11(4-3-5-16-14)13-21-26-7-6-25-13/h3-5,8,18H,6-7,9H2,1-2H3,(H,17,19,20). The molecule has 0 bridgehead atoms. The normalized spacial score (nSPS) is 13.9. The molecule has 0 spiro atoms. The summed E-state index contributed by atoms with van der Waals surface area (Å²) in [5.41, 5.74) is 0.879. The van der Waals surface area contributed by atoms with Gasteiger partial charge < -0.3 is 19.6 Å². The molecule has 11 nitrogen and oxygen atoms in total. The number of methoxy groups -OCH3 is 1. The molecule has 27 heavy (non-hydrogen) atoms. The van der Waals surface area contributed by atoms with Crippen molar-refractivity contribution in [2.24, 2.45) is 5.16 Å². The Bertz CT molecular complexity index is 949. The summed E-state index contributed by atoms with van der Waals surface area (Å²) in [5.74, 6) is 0.658. The largest absolute Gasteiger partial charge is 0.481 e. The number of oxime groups is 1. The summed E-state index contributed by atoms with van der Waals surface area (Å²) in [6.45, 7) is 2.18. The van der Waals surface area contributed by atoms with Gasteiger partial charge in [-0.05, 0) is 24.2 Å². The fourth-order valence-corrected chi connectivity index (χ4v) is 3.25. The van der Waals surface area contributed by atoms with E-state index in [0.717, 1.165) is 0 Å². The summed E-state index contributed by atoms with van der Waals surface area (Å²) < 4.78 is 38.1. The lowest BCUT2D eigenvalue weighted by Crippen LogP contribution is -2.32. The molecule has 2 N–H and O–H groups in total. The lowest BCUT2D eigenvalue weighted by molar-refractivity contribution is 0.0653. The first-order valence-corrected chi connectivity index (χ1v) is 9.39. The van der Waals surface area contributed by atoms with Crippen LogP contribution in [0.2, 0.25) is 0 Å². The Labute approximate surface area is 155 Å². The van der Waals surface area contributed by atoms with Gasteiger partial charge >= 0.3 is 0 Å². The van der Waals surface area contributed by atoms with Gasteiger partial charge in [0.15, 0.2) is 11.6 Å². The van der Waals surface area contributed by atoms with Crippen LogP contribution in [-0.4, -0.2) is 56.3 Å². The van der Waals surface area contributed by atoms with Gasteiger partial charge in [-0.15, -0.1) is 0 Å². The smallest absolute Gasteiger partial charge is 0.260 e. The van der Waals surface area contributed by atoms with Gasteiger partial charge in [-0.1, -0.05) is 0 Å². The highest BCUT2D eigenvalue weighted by molar-refractivity contribution is 7.89. The highest BCUT2D eigenvalue weighted by Crippen LogP contribution is 2.16. The Morgan fingerprint density at radius 2 is 2.15 bits per heavy atom. The summed E-state index contributed by atoms with van der Waals surface area (Å²) in [6, 6.07) is 4.78. The van der Waals surface area contributed by atoms with E-state index in [0.29, 0.717) is 18.2 Å². The zero-order chi connectivity index (χ0) is 19.3. The number of anilines is 1. The number of pyridine rings is 1. The van der Waals surface area contributed by atoms with Gasteiger partial charge in [-0.3, -0.25) is 0 Å². The van der Waals surface area contributed by atoms with E-state index in [-0.39, 0.29) is 35.7 Å². The van der Waals surface area contributed by atoms with Crippen LogP contribution in [0.15, 0.2) is 34.6 Å². The van der Waals surface area contributed by atoms with Gasteiger partial charge in [0.1, 0.15) is 6.61 Å². The number of aromatic nitrogens is 3. The van der Waals surface area contributed by atoms with Crippen LogP contribution in [0.1, 0.15) is 11.3 Å². The van der Waals surface area contributed by atoms with Crippen molar-refractivity contribution < 1.29 is 22.7 Å². The van der Waals surface area contributed by atoms with Gasteiger partial charge in [0.05, 0.1) is 19.3 Å². The molecule has 0 saturated heterocycles. The molecule has 144 valence electrons. The second kappa shape index (κ2) is 8.14. The van der Waals surface area contributed by atoms with Crippen molar-refractivity contribution in [1.29, 1.82) is 0 Å². The molecule has 0 radical (unpaired) electrons. The summed E-state index contributed by atoms with van der Waals surface area (Å²) in [4.78, 5) is 17.1. The van der Waals surface area contributed by atoms with Gasteiger partial charge in [-0.2, -0.15) is 9.71 Å². The number of ether oxygens (including phenoxy) is 2. The van der Waals surface area contributed by atoms with Gasteiger partial charge in [0.2, 0.25) is 11.8 Å². The maximum atomic E-state index is 12.6. The lowest BCUT2D eigenvalue weighted by Gasteiger charge is -2.16. The molecule has 2 aromatic rings. The first kappa shape index (κ1) is 18.8. The number of rotatable bonds is 7. The third-order valence-corrected chi connectivity index (χ3v) is 4.72. The van der Waals surface area contributed by atoms with Crippen molar-refractivity contribution in [3.05, 3.63) is 35.7 Å². The van der Waals surface area contributed by atoms with Crippen molar-refractivity contribution in [2.75, 3.05) is 32.3 Å². The minimum Gasteiger partial charge on any atom is -0.481 e. The van der Waals surface area contributed by atoms with Gasteiger partial charge in [0.25, 0.3) is 15.9 Å². The Morgan fingerprint density at radius 3 is 2.89 bits per heavy atom. The SMILES string of the molecule is COc1cc(C)nc(NCNS(=O)(=O)c2ncccc2C2=NOCCO2)n1. The molecule has 0 amide bonds. The van der Waals surface area contributed by atoms with Gasteiger partial charge in [-0.25, -0.2) is 18.4 Å². The zero-order valence-electron chi connectivity index (χ0n) is 14.7. The van der Waals surface area contributed by atoms with Crippen molar-refractivity contribution >= 4 is 21.9 Å². The summed E-state index contributed by atoms with van der Waals surface area (Å²) in [7, 11) is -2.48. The van der Waals surface area contributed by atoms with Crippen LogP contribution in [0, 0.1) is 6.92 Å². The van der Waals surface area contributed by atoms with Crippen molar-refractivity contribution in [3.8, 4) is 5.88 Å². The number of nitrogens with one attached hydrogen (secondary N) is 2. The molecule has 1 aliphatic rings. The number of aryl methyl sites for hydroxylation is 1. The molecule has 12 heteroatoms. The lowest BCUT2D eigenvalue weighted by atomic mass is 10.3. The molecule has 2 aromatic heterocycles. The molecular weight excluding hydrogens is 376 g/mol. The molecule has 0 unspecified atom stereocenters. The summed E-state index contributed by atoms with van der Waals surface area (Å²) >= 11 is 0. The van der Waals surface area contributed by atoms with Crippen LogP contribution in [0.4, 0.5) is 5.95 Å². The van der Waals surface area contributed by atoms with E-state index in [1.807, 2.05) is 0 Å². The maximum absolute atomic E-state index is 12.6. The second-order valence-electron chi connectivity index (χ2n) is 5.31. The molecule has 0 aromatic carbocycles. The molecule has 0 atom stereocenters. The molecule has 0 fully saturated rings. The Hall–Kier alpha value is -2.99. The van der Waals surface area contributed by atoms with Crippen molar-refractivity contribution in [3.63, 3.8) is 0 Å². The number of hydrogen-bond acceptors (Lipinski definition) is 10. The van der Waals surface area contributed by atoms with E-state index in [1.54, 1.807) is 19.1 Å². The van der Waals surface area contributed by atoms with Crippen molar-refractivity contribution in [2.45, 2.75) is 11.9 Å². The highest BCUT2D eigenvalue weighted by Gasteiger charge is 2.25. The Kier molecular flexibility index (Phi) is 5.66. The first-order chi connectivity index (χ1) is 13.0. The van der Waals surface area contributed by atoms with Gasteiger partial charge in [0, 0.05) is 18.0 Å². The summed E-state index contributed by atoms with van der Waals surface area (Å²) in [6.07, 6.45) is 1.37. The molecular formula is C15H18N6O5S. The predicted octanol–water partition coefficient (Wildman–Crippen LogP) is 0.245. The van der Waals surface area contributed by atoms with Crippen LogP contribution in [-0.2, 0) is 19.6 Å². The topological polar surface area (TPSA) is 137 Å². The third-order valence-electron chi connectivity index (χ3n) is 3.37. The van der Waals surface area contributed by atoms with Crippen LogP contribution < -0.4 is 14.8 Å². The molecule has 3 rings (SSSR count). The average Bonchev–Trinajstić information content (AvgIpc) is 2.68. The van der Waals surface area contributed by atoms with Crippen LogP contribution in [0.3, 0.4) is 0 Å². The number of nitrogens with zero attached hydrogens (tertiary/aromatic N) is 4. The first-order valence-electron chi connectivity index (χ1n) is 7.91. The highest BCUT2D eigenvalue weighted by atomic mass is 32.2. The van der Waals surface area contributed by atoms with Crippen LogP contribution >= 0.6 is 0 Å².